The van der Waals surface area contributed by atoms with Gasteiger partial charge in [0.2, 0.25) is 0 Å². The maximum atomic E-state index is 14.1. The van der Waals surface area contributed by atoms with Gasteiger partial charge in [0.05, 0.1) is 30.9 Å². The standard InChI is InChI=1S/C26H21ClFNO5/c1-3-34-19-9-4-6-15(12-19)23-22(24(30)20-14-17(28)10-11-21(20)33-2)25(31)26(32)29(23)18-8-5-7-16(27)13-18/h4-14,23,30H,3H2,1-2H3/b24-22+. The van der Waals surface area contributed by atoms with E-state index in [4.69, 9.17) is 21.1 Å². The Morgan fingerprint density at radius 2 is 1.85 bits per heavy atom. The summed E-state index contributed by atoms with van der Waals surface area (Å²) in [6.07, 6.45) is 0. The molecule has 1 saturated heterocycles. The molecule has 4 rings (SSSR count). The number of hydrogen-bond donors (Lipinski definition) is 1. The third-order valence-electron chi connectivity index (χ3n) is 5.43. The van der Waals surface area contributed by atoms with Crippen LogP contribution in [-0.4, -0.2) is 30.5 Å². The van der Waals surface area contributed by atoms with Gasteiger partial charge in [-0.1, -0.05) is 29.8 Å². The second-order valence-corrected chi connectivity index (χ2v) is 7.94. The minimum atomic E-state index is -1.02. The Labute approximate surface area is 200 Å². The highest BCUT2D eigenvalue weighted by Gasteiger charge is 2.47. The summed E-state index contributed by atoms with van der Waals surface area (Å²) in [6, 6.07) is 15.9. The van der Waals surface area contributed by atoms with Crippen LogP contribution in [0.25, 0.3) is 5.76 Å². The van der Waals surface area contributed by atoms with Gasteiger partial charge in [-0.25, -0.2) is 4.39 Å². The Morgan fingerprint density at radius 3 is 2.56 bits per heavy atom. The summed E-state index contributed by atoms with van der Waals surface area (Å²) in [5, 5.41) is 11.6. The van der Waals surface area contributed by atoms with Crippen molar-refractivity contribution < 1.29 is 28.6 Å². The van der Waals surface area contributed by atoms with Gasteiger partial charge in [0.15, 0.2) is 0 Å². The average Bonchev–Trinajstić information content (AvgIpc) is 3.09. The number of anilines is 1. The number of Topliss-reactive ketones (excluding diaryl/α,β-unsaturated/α-hetero) is 1. The third-order valence-corrected chi connectivity index (χ3v) is 5.67. The first-order valence-electron chi connectivity index (χ1n) is 10.5. The summed E-state index contributed by atoms with van der Waals surface area (Å²) in [6.45, 7) is 2.25. The number of halogens is 2. The molecule has 1 aliphatic rings. The molecule has 1 fully saturated rings. The van der Waals surface area contributed by atoms with E-state index in [1.807, 2.05) is 6.92 Å². The fourth-order valence-electron chi connectivity index (χ4n) is 3.99. The van der Waals surface area contributed by atoms with Crippen LogP contribution in [0.2, 0.25) is 5.02 Å². The topological polar surface area (TPSA) is 76.1 Å². The maximum Gasteiger partial charge on any atom is 0.300 e. The Morgan fingerprint density at radius 1 is 1.09 bits per heavy atom. The monoisotopic (exact) mass is 481 g/mol. The second-order valence-electron chi connectivity index (χ2n) is 7.50. The van der Waals surface area contributed by atoms with E-state index < -0.39 is 29.3 Å². The van der Waals surface area contributed by atoms with Crippen LogP contribution in [0, 0.1) is 5.82 Å². The van der Waals surface area contributed by atoms with Crippen LogP contribution in [-0.2, 0) is 9.59 Å². The number of methoxy groups -OCH3 is 1. The van der Waals surface area contributed by atoms with Crippen molar-refractivity contribution in [1.82, 2.24) is 0 Å². The van der Waals surface area contributed by atoms with Gasteiger partial charge in [-0.05, 0) is 61.0 Å². The number of ether oxygens (including phenoxy) is 2. The van der Waals surface area contributed by atoms with Gasteiger partial charge in [-0.2, -0.15) is 0 Å². The van der Waals surface area contributed by atoms with Gasteiger partial charge in [-0.15, -0.1) is 0 Å². The predicted octanol–water partition coefficient (Wildman–Crippen LogP) is 5.51. The van der Waals surface area contributed by atoms with Crippen molar-refractivity contribution in [3.05, 3.63) is 94.3 Å². The number of hydrogen-bond acceptors (Lipinski definition) is 5. The Hall–Kier alpha value is -3.84. The third kappa shape index (κ3) is 4.22. The van der Waals surface area contributed by atoms with E-state index in [1.54, 1.807) is 48.5 Å². The van der Waals surface area contributed by atoms with E-state index in [-0.39, 0.29) is 16.9 Å². The van der Waals surface area contributed by atoms with Crippen molar-refractivity contribution in [2.24, 2.45) is 0 Å². The first-order chi connectivity index (χ1) is 16.3. The van der Waals surface area contributed by atoms with Crippen LogP contribution >= 0.6 is 11.6 Å². The highest BCUT2D eigenvalue weighted by atomic mass is 35.5. The molecule has 34 heavy (non-hydrogen) atoms. The molecule has 8 heteroatoms. The number of amides is 1. The van der Waals surface area contributed by atoms with Crippen molar-refractivity contribution in [2.45, 2.75) is 13.0 Å². The first kappa shape index (κ1) is 23.3. The minimum Gasteiger partial charge on any atom is -0.507 e. The fourth-order valence-corrected chi connectivity index (χ4v) is 4.18. The summed E-state index contributed by atoms with van der Waals surface area (Å²) in [7, 11) is 1.36. The number of carbonyl (C=O) groups excluding carboxylic acids is 2. The second kappa shape index (κ2) is 9.57. The first-order valence-corrected chi connectivity index (χ1v) is 10.9. The van der Waals surface area contributed by atoms with Crippen molar-refractivity contribution in [1.29, 1.82) is 0 Å². The van der Waals surface area contributed by atoms with E-state index in [0.717, 1.165) is 6.07 Å². The molecule has 1 amide bonds. The van der Waals surface area contributed by atoms with Gasteiger partial charge in [0.25, 0.3) is 11.7 Å². The largest absolute Gasteiger partial charge is 0.507 e. The molecule has 3 aromatic carbocycles. The Balaban J connectivity index is 1.99. The van der Waals surface area contributed by atoms with Crippen molar-refractivity contribution in [2.75, 3.05) is 18.6 Å². The van der Waals surface area contributed by atoms with E-state index in [9.17, 15) is 19.1 Å². The highest BCUT2D eigenvalue weighted by Crippen LogP contribution is 2.44. The summed E-state index contributed by atoms with van der Waals surface area (Å²) < 4.78 is 24.9. The van der Waals surface area contributed by atoms with E-state index >= 15 is 0 Å². The lowest BCUT2D eigenvalue weighted by Crippen LogP contribution is -2.29. The van der Waals surface area contributed by atoms with Gasteiger partial charge in [-0.3, -0.25) is 14.5 Å². The lowest BCUT2D eigenvalue weighted by molar-refractivity contribution is -0.132. The normalized spacial score (nSPS) is 17.2. The van der Waals surface area contributed by atoms with Gasteiger partial charge < -0.3 is 14.6 Å². The zero-order valence-electron chi connectivity index (χ0n) is 18.4. The van der Waals surface area contributed by atoms with Crippen LogP contribution in [0.5, 0.6) is 11.5 Å². The molecule has 1 aliphatic heterocycles. The smallest absolute Gasteiger partial charge is 0.300 e. The number of carbonyl (C=O) groups is 2. The van der Waals surface area contributed by atoms with Gasteiger partial charge in [0, 0.05) is 10.7 Å². The molecule has 1 atom stereocenters. The van der Waals surface area contributed by atoms with Gasteiger partial charge >= 0.3 is 0 Å². The minimum absolute atomic E-state index is 0.0439. The van der Waals surface area contributed by atoms with Crippen LogP contribution in [0.1, 0.15) is 24.1 Å². The zero-order valence-corrected chi connectivity index (χ0v) is 19.2. The molecule has 0 aliphatic carbocycles. The Kier molecular flexibility index (Phi) is 6.56. The lowest BCUT2D eigenvalue weighted by atomic mass is 9.94. The van der Waals surface area contributed by atoms with Crippen LogP contribution in [0.4, 0.5) is 10.1 Å². The van der Waals surface area contributed by atoms with E-state index in [1.165, 1.54) is 24.1 Å². The summed E-state index contributed by atoms with van der Waals surface area (Å²) in [5.41, 5.74) is 0.633. The lowest BCUT2D eigenvalue weighted by Gasteiger charge is -2.26. The molecular weight excluding hydrogens is 461 g/mol. The predicted molar refractivity (Wildman–Crippen MR) is 127 cm³/mol. The number of rotatable bonds is 6. The number of aliphatic hydroxyl groups is 1. The summed E-state index contributed by atoms with van der Waals surface area (Å²) in [4.78, 5) is 27.8. The fraction of sp³-hybridized carbons (Fsp3) is 0.154. The molecule has 0 saturated carbocycles. The summed E-state index contributed by atoms with van der Waals surface area (Å²) in [5.74, 6) is -2.29. The van der Waals surface area contributed by atoms with Crippen LogP contribution < -0.4 is 14.4 Å². The Bertz CT molecular complexity index is 1310. The molecule has 1 heterocycles. The number of benzene rings is 3. The molecule has 3 aromatic rings. The highest BCUT2D eigenvalue weighted by molar-refractivity contribution is 6.51. The van der Waals surface area contributed by atoms with Crippen molar-refractivity contribution in [3.63, 3.8) is 0 Å². The molecule has 1 unspecified atom stereocenters. The number of nitrogens with zero attached hydrogens (tertiary/aromatic N) is 1. The van der Waals surface area contributed by atoms with Crippen LogP contribution in [0.3, 0.4) is 0 Å². The summed E-state index contributed by atoms with van der Waals surface area (Å²) >= 11 is 6.16. The van der Waals surface area contributed by atoms with Gasteiger partial charge in [0.1, 0.15) is 23.1 Å². The van der Waals surface area contributed by atoms with E-state index in [0.29, 0.717) is 28.6 Å². The molecule has 0 bridgehead atoms. The molecule has 174 valence electrons. The molecule has 0 radical (unpaired) electrons. The molecule has 6 nitrogen and oxygen atoms in total. The molecule has 1 N–H and O–H groups in total. The molecular formula is C26H21ClFNO5. The number of aliphatic hydroxyl groups excluding tert-OH is 1. The van der Waals surface area contributed by atoms with E-state index in [2.05, 4.69) is 0 Å². The quantitative estimate of drug-likeness (QED) is 0.285. The van der Waals surface area contributed by atoms with Crippen LogP contribution in [0.15, 0.2) is 72.3 Å². The number of ketones is 1. The SMILES string of the molecule is CCOc1cccc(C2/C(=C(\O)c3cc(F)ccc3OC)C(=O)C(=O)N2c2cccc(Cl)c2)c1. The molecule has 0 aromatic heterocycles. The maximum absolute atomic E-state index is 14.1. The average molecular weight is 482 g/mol. The zero-order chi connectivity index (χ0) is 24.4. The van der Waals surface area contributed by atoms with Crippen molar-refractivity contribution in [3.8, 4) is 11.5 Å². The van der Waals surface area contributed by atoms with Crippen molar-refractivity contribution >= 4 is 34.7 Å². The molecule has 0 spiro atoms.